The number of ether oxygens (including phenoxy) is 1. The fourth-order valence-electron chi connectivity index (χ4n) is 2.12. The molecule has 0 aliphatic carbocycles. The highest BCUT2D eigenvalue weighted by Gasteiger charge is 2.16. The second-order valence-electron chi connectivity index (χ2n) is 4.53. The maximum Gasteiger partial charge on any atom is 0.261 e. The molecule has 3 N–H and O–H groups in total. The number of halogens is 1. The first-order chi connectivity index (χ1) is 10.1. The first-order valence-electron chi connectivity index (χ1n) is 6.59. The number of amides is 1. The zero-order valence-electron chi connectivity index (χ0n) is 11.9. The summed E-state index contributed by atoms with van der Waals surface area (Å²) in [5, 5.41) is 2.90. The lowest BCUT2D eigenvalue weighted by Crippen LogP contribution is -2.16. The van der Waals surface area contributed by atoms with Crippen LogP contribution in [-0.2, 0) is 6.42 Å². The molecule has 0 aromatic heterocycles. The van der Waals surface area contributed by atoms with Crippen LogP contribution in [-0.4, -0.2) is 13.0 Å². The molecule has 0 saturated heterocycles. The molecule has 1 amide bonds. The number of carbonyl (C=O) groups is 1. The van der Waals surface area contributed by atoms with Crippen molar-refractivity contribution >= 4 is 33.2 Å². The van der Waals surface area contributed by atoms with E-state index in [0.29, 0.717) is 17.0 Å². The van der Waals surface area contributed by atoms with Crippen molar-refractivity contribution in [2.75, 3.05) is 18.2 Å². The zero-order chi connectivity index (χ0) is 15.4. The average molecular weight is 349 g/mol. The summed E-state index contributed by atoms with van der Waals surface area (Å²) in [5.74, 6) is 0.185. The molecule has 0 atom stereocenters. The summed E-state index contributed by atoms with van der Waals surface area (Å²) < 4.78 is 6.19. The molecule has 21 heavy (non-hydrogen) atoms. The van der Waals surface area contributed by atoms with Crippen LogP contribution >= 0.6 is 15.9 Å². The highest BCUT2D eigenvalue weighted by Crippen LogP contribution is 2.27. The van der Waals surface area contributed by atoms with E-state index in [1.165, 1.54) is 7.11 Å². The molecule has 2 aromatic rings. The molecule has 0 spiro atoms. The van der Waals surface area contributed by atoms with Crippen molar-refractivity contribution in [3.05, 3.63) is 52.0 Å². The summed E-state index contributed by atoms with van der Waals surface area (Å²) in [6.07, 6.45) is 0.816. The van der Waals surface area contributed by atoms with Crippen LogP contribution in [0.25, 0.3) is 0 Å². The summed E-state index contributed by atoms with van der Waals surface area (Å²) in [6, 6.07) is 10.9. The third-order valence-corrected chi connectivity index (χ3v) is 3.70. The lowest BCUT2D eigenvalue weighted by atomic mass is 10.1. The van der Waals surface area contributed by atoms with E-state index < -0.39 is 0 Å². The number of nitrogens with two attached hydrogens (primary N) is 1. The van der Waals surface area contributed by atoms with Crippen LogP contribution in [0.4, 0.5) is 11.4 Å². The van der Waals surface area contributed by atoms with Gasteiger partial charge in [0, 0.05) is 15.8 Å². The SMILES string of the molecule is CCc1cc(Br)ccc1NC(=O)c1c(N)cccc1OC. The number of methoxy groups -OCH3 is 1. The van der Waals surface area contributed by atoms with Crippen molar-refractivity contribution in [2.24, 2.45) is 0 Å². The molecule has 2 rings (SSSR count). The van der Waals surface area contributed by atoms with Gasteiger partial charge in [-0.1, -0.05) is 28.9 Å². The lowest BCUT2D eigenvalue weighted by Gasteiger charge is -2.14. The lowest BCUT2D eigenvalue weighted by molar-refractivity contribution is 0.102. The molecule has 5 heteroatoms. The summed E-state index contributed by atoms with van der Waals surface area (Å²) in [4.78, 5) is 12.5. The normalized spacial score (nSPS) is 10.2. The second-order valence-corrected chi connectivity index (χ2v) is 5.45. The third-order valence-electron chi connectivity index (χ3n) is 3.20. The van der Waals surface area contributed by atoms with E-state index in [1.54, 1.807) is 18.2 Å². The Morgan fingerprint density at radius 1 is 1.33 bits per heavy atom. The van der Waals surface area contributed by atoms with Crippen molar-refractivity contribution in [3.63, 3.8) is 0 Å². The van der Waals surface area contributed by atoms with Gasteiger partial charge in [0.2, 0.25) is 0 Å². The minimum Gasteiger partial charge on any atom is -0.496 e. The van der Waals surface area contributed by atoms with Crippen LogP contribution in [0.5, 0.6) is 5.75 Å². The first-order valence-corrected chi connectivity index (χ1v) is 7.38. The predicted octanol–water partition coefficient (Wildman–Crippen LogP) is 3.85. The number of rotatable bonds is 4. The highest BCUT2D eigenvalue weighted by molar-refractivity contribution is 9.10. The quantitative estimate of drug-likeness (QED) is 0.824. The van der Waals surface area contributed by atoms with E-state index in [9.17, 15) is 4.79 Å². The van der Waals surface area contributed by atoms with Crippen molar-refractivity contribution in [1.82, 2.24) is 0 Å². The van der Waals surface area contributed by atoms with Crippen molar-refractivity contribution in [1.29, 1.82) is 0 Å². The Kier molecular flexibility index (Phi) is 4.85. The van der Waals surface area contributed by atoms with Crippen molar-refractivity contribution < 1.29 is 9.53 Å². The summed E-state index contributed by atoms with van der Waals surface area (Å²) in [6.45, 7) is 2.04. The van der Waals surface area contributed by atoms with Crippen molar-refractivity contribution in [2.45, 2.75) is 13.3 Å². The molecule has 0 fully saturated rings. The predicted molar refractivity (Wildman–Crippen MR) is 88.9 cm³/mol. The number of nitrogens with one attached hydrogen (secondary N) is 1. The van der Waals surface area contributed by atoms with Crippen LogP contribution in [0, 0.1) is 0 Å². The van der Waals surface area contributed by atoms with Crippen LogP contribution in [0.15, 0.2) is 40.9 Å². The number of benzene rings is 2. The van der Waals surface area contributed by atoms with Crippen LogP contribution in [0.3, 0.4) is 0 Å². The Labute approximate surface area is 132 Å². The van der Waals surface area contributed by atoms with Crippen LogP contribution in [0.1, 0.15) is 22.8 Å². The van der Waals surface area contributed by atoms with Gasteiger partial charge in [-0.3, -0.25) is 4.79 Å². The molecule has 0 bridgehead atoms. The minimum absolute atomic E-state index is 0.276. The van der Waals surface area contributed by atoms with Gasteiger partial charge in [-0.2, -0.15) is 0 Å². The standard InChI is InChI=1S/C16H17BrN2O2/c1-3-10-9-11(17)7-8-13(10)19-16(20)15-12(18)5-4-6-14(15)21-2/h4-9H,3,18H2,1-2H3,(H,19,20). The number of aryl methyl sites for hydroxylation is 1. The monoisotopic (exact) mass is 348 g/mol. The van der Waals surface area contributed by atoms with E-state index in [0.717, 1.165) is 22.1 Å². The number of nitrogen functional groups attached to an aromatic ring is 1. The number of carbonyl (C=O) groups excluding carboxylic acids is 1. The molecular formula is C16H17BrN2O2. The third kappa shape index (κ3) is 3.36. The Bertz CT molecular complexity index is 671. The van der Waals surface area contributed by atoms with Gasteiger partial charge >= 0.3 is 0 Å². The van der Waals surface area contributed by atoms with E-state index >= 15 is 0 Å². The summed E-state index contributed by atoms with van der Waals surface area (Å²) in [7, 11) is 1.52. The number of hydrogen-bond acceptors (Lipinski definition) is 3. The fourth-order valence-corrected chi connectivity index (χ4v) is 2.53. The summed E-state index contributed by atoms with van der Waals surface area (Å²) >= 11 is 3.43. The Morgan fingerprint density at radius 3 is 2.76 bits per heavy atom. The molecule has 0 heterocycles. The Balaban J connectivity index is 2.35. The van der Waals surface area contributed by atoms with Gasteiger partial charge in [0.1, 0.15) is 11.3 Å². The second kappa shape index (κ2) is 6.63. The van der Waals surface area contributed by atoms with E-state index in [2.05, 4.69) is 21.2 Å². The van der Waals surface area contributed by atoms with Gasteiger partial charge in [0.25, 0.3) is 5.91 Å². The van der Waals surface area contributed by atoms with Gasteiger partial charge in [0.15, 0.2) is 0 Å². The van der Waals surface area contributed by atoms with Crippen LogP contribution in [0.2, 0.25) is 0 Å². The van der Waals surface area contributed by atoms with Gasteiger partial charge in [-0.15, -0.1) is 0 Å². The molecule has 0 aliphatic heterocycles. The van der Waals surface area contributed by atoms with Gasteiger partial charge < -0.3 is 15.8 Å². The molecule has 0 radical (unpaired) electrons. The fraction of sp³-hybridized carbons (Fsp3) is 0.188. The van der Waals surface area contributed by atoms with E-state index in [1.807, 2.05) is 25.1 Å². The summed E-state index contributed by atoms with van der Waals surface area (Å²) in [5.41, 5.74) is 8.46. The van der Waals surface area contributed by atoms with E-state index in [4.69, 9.17) is 10.5 Å². The van der Waals surface area contributed by atoms with E-state index in [-0.39, 0.29) is 5.91 Å². The number of hydrogen-bond donors (Lipinski definition) is 2. The van der Waals surface area contributed by atoms with Crippen LogP contribution < -0.4 is 15.8 Å². The molecular weight excluding hydrogens is 332 g/mol. The van der Waals surface area contributed by atoms with Gasteiger partial charge in [-0.25, -0.2) is 0 Å². The minimum atomic E-state index is -0.276. The Hall–Kier alpha value is -2.01. The zero-order valence-corrected chi connectivity index (χ0v) is 13.5. The molecule has 2 aromatic carbocycles. The maximum atomic E-state index is 12.5. The van der Waals surface area contributed by atoms with Crippen molar-refractivity contribution in [3.8, 4) is 5.75 Å². The average Bonchev–Trinajstić information content (AvgIpc) is 2.48. The largest absolute Gasteiger partial charge is 0.496 e. The molecule has 110 valence electrons. The molecule has 4 nitrogen and oxygen atoms in total. The molecule has 0 unspecified atom stereocenters. The first kappa shape index (κ1) is 15.4. The highest BCUT2D eigenvalue weighted by atomic mass is 79.9. The topological polar surface area (TPSA) is 64.4 Å². The smallest absolute Gasteiger partial charge is 0.261 e. The number of anilines is 2. The molecule has 0 aliphatic rings. The maximum absolute atomic E-state index is 12.5. The van der Waals surface area contributed by atoms with Gasteiger partial charge in [-0.05, 0) is 42.3 Å². The Morgan fingerprint density at radius 2 is 2.10 bits per heavy atom. The molecule has 0 saturated carbocycles. The van der Waals surface area contributed by atoms with Gasteiger partial charge in [0.05, 0.1) is 7.11 Å².